The van der Waals surface area contributed by atoms with Gasteiger partial charge in [0.2, 0.25) is 0 Å². The van der Waals surface area contributed by atoms with Crippen molar-refractivity contribution in [2.45, 2.75) is 6.42 Å². The number of rotatable bonds is 0. The highest BCUT2D eigenvalue weighted by molar-refractivity contribution is 6.16. The summed E-state index contributed by atoms with van der Waals surface area (Å²) in [5, 5.41) is 5.31. The van der Waals surface area contributed by atoms with E-state index in [0.717, 1.165) is 6.42 Å². The number of allylic oxidation sites excluding steroid dienone is 2. The van der Waals surface area contributed by atoms with E-state index in [-0.39, 0.29) is 0 Å². The standard InChI is InChI=1S/C19H14/c1-13-7-6-12-18-16-9-3-2-8-14(16)15-10-4-5-11-17(15)19(13)18/h2-6,8-12H,1,7H2. The van der Waals surface area contributed by atoms with Crippen LogP contribution in [0.15, 0.2) is 61.2 Å². The molecule has 0 nitrogen and oxygen atoms in total. The Bertz CT molecular complexity index is 850. The van der Waals surface area contributed by atoms with Crippen molar-refractivity contribution in [1.82, 2.24) is 0 Å². The molecule has 0 fully saturated rings. The molecule has 0 heteroatoms. The smallest absolute Gasteiger partial charge is 0.00697 e. The Morgan fingerprint density at radius 1 is 0.737 bits per heavy atom. The van der Waals surface area contributed by atoms with E-state index < -0.39 is 0 Å². The first kappa shape index (κ1) is 10.6. The largest absolute Gasteiger partial charge is 0.0949 e. The fourth-order valence-corrected chi connectivity index (χ4v) is 3.14. The Kier molecular flexibility index (Phi) is 2.13. The van der Waals surface area contributed by atoms with Gasteiger partial charge in [0.05, 0.1) is 0 Å². The van der Waals surface area contributed by atoms with Crippen LogP contribution in [0.1, 0.15) is 17.5 Å². The summed E-state index contributed by atoms with van der Waals surface area (Å²) in [6, 6.07) is 17.3. The van der Waals surface area contributed by atoms with Gasteiger partial charge in [-0.3, -0.25) is 0 Å². The van der Waals surface area contributed by atoms with Crippen LogP contribution in [0.4, 0.5) is 0 Å². The lowest BCUT2D eigenvalue weighted by molar-refractivity contribution is 1.40. The van der Waals surface area contributed by atoms with Gasteiger partial charge in [-0.15, -0.1) is 0 Å². The van der Waals surface area contributed by atoms with Crippen LogP contribution in [0.3, 0.4) is 0 Å². The van der Waals surface area contributed by atoms with E-state index in [9.17, 15) is 0 Å². The Morgan fingerprint density at radius 2 is 1.32 bits per heavy atom. The number of hydrogen-bond donors (Lipinski definition) is 0. The third kappa shape index (κ3) is 1.40. The van der Waals surface area contributed by atoms with Gasteiger partial charge in [0.15, 0.2) is 0 Å². The Labute approximate surface area is 112 Å². The van der Waals surface area contributed by atoms with Crippen molar-refractivity contribution in [3.05, 3.63) is 72.3 Å². The van der Waals surface area contributed by atoms with Crippen molar-refractivity contribution >= 4 is 33.2 Å². The highest BCUT2D eigenvalue weighted by atomic mass is 14.2. The van der Waals surface area contributed by atoms with Gasteiger partial charge in [-0.05, 0) is 44.7 Å². The summed E-state index contributed by atoms with van der Waals surface area (Å²) in [6.07, 6.45) is 5.42. The predicted octanol–water partition coefficient (Wildman–Crippen LogP) is 5.42. The molecule has 0 aromatic heterocycles. The van der Waals surface area contributed by atoms with Crippen LogP contribution >= 0.6 is 0 Å². The van der Waals surface area contributed by atoms with E-state index in [1.54, 1.807) is 0 Å². The van der Waals surface area contributed by atoms with E-state index >= 15 is 0 Å². The van der Waals surface area contributed by atoms with Crippen molar-refractivity contribution < 1.29 is 0 Å². The minimum absolute atomic E-state index is 0.954. The molecule has 0 amide bonds. The molecule has 0 radical (unpaired) electrons. The average Bonchev–Trinajstić information content (AvgIpc) is 2.47. The molecule has 0 heterocycles. The molecule has 0 unspecified atom stereocenters. The molecule has 3 aromatic carbocycles. The van der Waals surface area contributed by atoms with E-state index in [2.05, 4.69) is 67.3 Å². The molecule has 0 bridgehead atoms. The summed E-state index contributed by atoms with van der Waals surface area (Å²) < 4.78 is 0. The maximum atomic E-state index is 4.26. The molecule has 1 aliphatic rings. The molecule has 0 atom stereocenters. The molecule has 3 aromatic rings. The molecule has 0 saturated carbocycles. The SMILES string of the molecule is C=C1CC=Cc2c1c1ccccc1c1ccccc21. The molecule has 0 saturated heterocycles. The third-order valence-electron chi connectivity index (χ3n) is 3.98. The zero-order valence-electron chi connectivity index (χ0n) is 10.7. The molecular weight excluding hydrogens is 228 g/mol. The summed E-state index contributed by atoms with van der Waals surface area (Å²) >= 11 is 0. The predicted molar refractivity (Wildman–Crippen MR) is 84.1 cm³/mol. The lowest BCUT2D eigenvalue weighted by Crippen LogP contribution is -1.96. The lowest BCUT2D eigenvalue weighted by atomic mass is 9.84. The second-order valence-corrected chi connectivity index (χ2v) is 5.09. The van der Waals surface area contributed by atoms with Gasteiger partial charge in [-0.25, -0.2) is 0 Å². The molecule has 4 rings (SSSR count). The molecule has 19 heavy (non-hydrogen) atoms. The van der Waals surface area contributed by atoms with Gasteiger partial charge in [-0.1, -0.05) is 67.3 Å². The first-order chi connectivity index (χ1) is 9.36. The van der Waals surface area contributed by atoms with Crippen LogP contribution < -0.4 is 0 Å². The fourth-order valence-electron chi connectivity index (χ4n) is 3.14. The summed E-state index contributed by atoms with van der Waals surface area (Å²) in [5.41, 5.74) is 3.88. The van der Waals surface area contributed by atoms with Crippen molar-refractivity contribution in [3.8, 4) is 0 Å². The third-order valence-corrected chi connectivity index (χ3v) is 3.98. The Hall–Kier alpha value is -2.34. The molecule has 0 spiro atoms. The maximum Gasteiger partial charge on any atom is -0.00697 e. The fraction of sp³-hybridized carbons (Fsp3) is 0.0526. The second kappa shape index (κ2) is 3.83. The topological polar surface area (TPSA) is 0 Å². The zero-order chi connectivity index (χ0) is 12.8. The van der Waals surface area contributed by atoms with Gasteiger partial charge in [-0.2, -0.15) is 0 Å². The van der Waals surface area contributed by atoms with Gasteiger partial charge in [0.25, 0.3) is 0 Å². The van der Waals surface area contributed by atoms with Gasteiger partial charge < -0.3 is 0 Å². The summed E-state index contributed by atoms with van der Waals surface area (Å²) in [7, 11) is 0. The quantitative estimate of drug-likeness (QED) is 0.461. The van der Waals surface area contributed by atoms with E-state index in [4.69, 9.17) is 0 Å². The first-order valence-electron chi connectivity index (χ1n) is 6.64. The van der Waals surface area contributed by atoms with Crippen LogP contribution in [0.2, 0.25) is 0 Å². The maximum absolute atomic E-state index is 4.26. The van der Waals surface area contributed by atoms with Gasteiger partial charge in [0, 0.05) is 0 Å². The number of benzene rings is 3. The zero-order valence-corrected chi connectivity index (χ0v) is 10.7. The van der Waals surface area contributed by atoms with Gasteiger partial charge >= 0.3 is 0 Å². The van der Waals surface area contributed by atoms with Crippen LogP contribution in [0, 0.1) is 0 Å². The van der Waals surface area contributed by atoms with Crippen LogP contribution in [-0.2, 0) is 0 Å². The molecule has 0 N–H and O–H groups in total. The minimum atomic E-state index is 0.954. The van der Waals surface area contributed by atoms with Crippen molar-refractivity contribution in [1.29, 1.82) is 0 Å². The van der Waals surface area contributed by atoms with Gasteiger partial charge in [0.1, 0.15) is 0 Å². The second-order valence-electron chi connectivity index (χ2n) is 5.09. The van der Waals surface area contributed by atoms with E-state index in [0.29, 0.717) is 0 Å². The number of hydrogen-bond acceptors (Lipinski definition) is 0. The Morgan fingerprint density at radius 3 is 2.05 bits per heavy atom. The van der Waals surface area contributed by atoms with Crippen LogP contribution in [-0.4, -0.2) is 0 Å². The molecule has 1 aliphatic carbocycles. The summed E-state index contributed by atoms with van der Waals surface area (Å²) in [4.78, 5) is 0. The number of fused-ring (bicyclic) bond motifs is 6. The minimum Gasteiger partial charge on any atom is -0.0949 e. The van der Waals surface area contributed by atoms with E-state index in [1.807, 2.05) is 0 Å². The lowest BCUT2D eigenvalue weighted by Gasteiger charge is -2.19. The van der Waals surface area contributed by atoms with Crippen molar-refractivity contribution in [2.75, 3.05) is 0 Å². The molecule has 90 valence electrons. The van der Waals surface area contributed by atoms with Crippen LogP contribution in [0.25, 0.3) is 33.2 Å². The van der Waals surface area contributed by atoms with Crippen LogP contribution in [0.5, 0.6) is 0 Å². The monoisotopic (exact) mass is 242 g/mol. The highest BCUT2D eigenvalue weighted by Crippen LogP contribution is 2.39. The first-order valence-corrected chi connectivity index (χ1v) is 6.64. The van der Waals surface area contributed by atoms with Crippen molar-refractivity contribution in [2.24, 2.45) is 0 Å². The van der Waals surface area contributed by atoms with E-state index in [1.165, 1.54) is 38.2 Å². The average molecular weight is 242 g/mol. The highest BCUT2D eigenvalue weighted by Gasteiger charge is 2.16. The van der Waals surface area contributed by atoms with Crippen molar-refractivity contribution in [3.63, 3.8) is 0 Å². The molecular formula is C19H14. The summed E-state index contributed by atoms with van der Waals surface area (Å²) in [5.74, 6) is 0. The molecule has 0 aliphatic heterocycles. The normalized spacial score (nSPS) is 14.0. The summed E-state index contributed by atoms with van der Waals surface area (Å²) in [6.45, 7) is 4.26. The Balaban J connectivity index is 2.36.